The molecule has 2 heterocycles. The molecule has 2 rings (SSSR count). The summed E-state index contributed by atoms with van der Waals surface area (Å²) in [6, 6.07) is 3.32. The molecule has 0 aromatic carbocycles. The van der Waals surface area contributed by atoms with Gasteiger partial charge in [0.15, 0.2) is 0 Å². The molecule has 98 valence electrons. The van der Waals surface area contributed by atoms with Gasteiger partial charge in [-0.2, -0.15) is 0 Å². The molecular formula is C13H19N3O2. The van der Waals surface area contributed by atoms with Crippen LogP contribution in [-0.4, -0.2) is 45.6 Å². The summed E-state index contributed by atoms with van der Waals surface area (Å²) >= 11 is 0. The second-order valence-corrected chi connectivity index (χ2v) is 5.21. The molecule has 1 atom stereocenters. The van der Waals surface area contributed by atoms with Gasteiger partial charge in [-0.25, -0.2) is 0 Å². The Morgan fingerprint density at radius 2 is 2.39 bits per heavy atom. The summed E-state index contributed by atoms with van der Waals surface area (Å²) in [4.78, 5) is 18.1. The van der Waals surface area contributed by atoms with Crippen LogP contribution < -0.4 is 5.32 Å². The summed E-state index contributed by atoms with van der Waals surface area (Å²) in [7, 11) is 0. The van der Waals surface area contributed by atoms with Crippen molar-refractivity contribution in [3.8, 4) is 0 Å². The number of amides is 1. The fraction of sp³-hybridized carbons (Fsp3) is 0.538. The Morgan fingerprint density at radius 3 is 3.00 bits per heavy atom. The van der Waals surface area contributed by atoms with E-state index in [0.717, 1.165) is 5.56 Å². The number of nitrogens with zero attached hydrogens (tertiary/aromatic N) is 2. The van der Waals surface area contributed by atoms with E-state index in [0.29, 0.717) is 13.1 Å². The molecule has 0 aliphatic carbocycles. The average Bonchev–Trinajstić information content (AvgIpc) is 2.36. The van der Waals surface area contributed by atoms with Gasteiger partial charge in [-0.05, 0) is 25.5 Å². The number of carbonyl (C=O) groups excluding carboxylic acids is 1. The number of aromatic nitrogens is 1. The van der Waals surface area contributed by atoms with E-state index in [1.165, 1.54) is 0 Å². The SMILES string of the molecule is CC1(C)CNC(CO)C(=O)N1Cc1cccnc1. The second-order valence-electron chi connectivity index (χ2n) is 5.21. The highest BCUT2D eigenvalue weighted by Gasteiger charge is 2.39. The number of aliphatic hydroxyl groups excluding tert-OH is 1. The van der Waals surface area contributed by atoms with E-state index < -0.39 is 6.04 Å². The van der Waals surface area contributed by atoms with Crippen molar-refractivity contribution in [1.29, 1.82) is 0 Å². The van der Waals surface area contributed by atoms with Gasteiger partial charge in [0.2, 0.25) is 5.91 Å². The highest BCUT2D eigenvalue weighted by Crippen LogP contribution is 2.22. The Kier molecular flexibility index (Phi) is 3.63. The van der Waals surface area contributed by atoms with Crippen LogP contribution in [0.2, 0.25) is 0 Å². The van der Waals surface area contributed by atoms with Gasteiger partial charge in [0, 0.05) is 25.5 Å². The van der Waals surface area contributed by atoms with Crippen LogP contribution in [0.1, 0.15) is 19.4 Å². The zero-order valence-electron chi connectivity index (χ0n) is 10.8. The van der Waals surface area contributed by atoms with Gasteiger partial charge >= 0.3 is 0 Å². The van der Waals surface area contributed by atoms with Gasteiger partial charge in [-0.3, -0.25) is 9.78 Å². The lowest BCUT2D eigenvalue weighted by molar-refractivity contribution is -0.145. The topological polar surface area (TPSA) is 65.5 Å². The Morgan fingerprint density at radius 1 is 1.61 bits per heavy atom. The number of rotatable bonds is 3. The molecule has 1 amide bonds. The van der Waals surface area contributed by atoms with Gasteiger partial charge in [0.1, 0.15) is 6.04 Å². The maximum Gasteiger partial charge on any atom is 0.242 e. The highest BCUT2D eigenvalue weighted by molar-refractivity contribution is 5.83. The van der Waals surface area contributed by atoms with Crippen molar-refractivity contribution in [1.82, 2.24) is 15.2 Å². The van der Waals surface area contributed by atoms with Crippen molar-refractivity contribution >= 4 is 5.91 Å². The molecule has 1 unspecified atom stereocenters. The van der Waals surface area contributed by atoms with Crippen molar-refractivity contribution in [2.75, 3.05) is 13.2 Å². The lowest BCUT2D eigenvalue weighted by atomic mass is 9.96. The second kappa shape index (κ2) is 5.04. The molecule has 1 saturated heterocycles. The van der Waals surface area contributed by atoms with Gasteiger partial charge < -0.3 is 15.3 Å². The van der Waals surface area contributed by atoms with E-state index in [1.807, 2.05) is 26.0 Å². The summed E-state index contributed by atoms with van der Waals surface area (Å²) in [6.45, 7) is 5.06. The first-order chi connectivity index (χ1) is 8.54. The first kappa shape index (κ1) is 13.0. The quantitative estimate of drug-likeness (QED) is 0.800. The summed E-state index contributed by atoms with van der Waals surface area (Å²) in [5.74, 6) is -0.0578. The average molecular weight is 249 g/mol. The van der Waals surface area contributed by atoms with Gasteiger partial charge in [0.05, 0.1) is 12.1 Å². The van der Waals surface area contributed by atoms with Crippen LogP contribution in [0.5, 0.6) is 0 Å². The molecule has 18 heavy (non-hydrogen) atoms. The minimum atomic E-state index is -0.491. The van der Waals surface area contributed by atoms with Crippen LogP contribution in [0.4, 0.5) is 0 Å². The van der Waals surface area contributed by atoms with E-state index in [2.05, 4.69) is 10.3 Å². The minimum absolute atomic E-state index is 0.0578. The molecular weight excluding hydrogens is 230 g/mol. The van der Waals surface area contributed by atoms with Crippen molar-refractivity contribution in [2.45, 2.75) is 32.0 Å². The van der Waals surface area contributed by atoms with Gasteiger partial charge in [-0.1, -0.05) is 6.07 Å². The molecule has 0 spiro atoms. The molecule has 0 saturated carbocycles. The smallest absolute Gasteiger partial charge is 0.242 e. The summed E-state index contributed by atoms with van der Waals surface area (Å²) < 4.78 is 0. The van der Waals surface area contributed by atoms with Crippen molar-refractivity contribution in [3.63, 3.8) is 0 Å². The first-order valence-corrected chi connectivity index (χ1v) is 6.09. The van der Waals surface area contributed by atoms with Crippen LogP contribution in [0, 0.1) is 0 Å². The maximum absolute atomic E-state index is 12.3. The fourth-order valence-corrected chi connectivity index (χ4v) is 2.15. The maximum atomic E-state index is 12.3. The van der Waals surface area contributed by atoms with E-state index in [1.54, 1.807) is 17.3 Å². The van der Waals surface area contributed by atoms with Crippen molar-refractivity contribution in [3.05, 3.63) is 30.1 Å². The summed E-state index contributed by atoms with van der Waals surface area (Å²) in [6.07, 6.45) is 3.48. The van der Waals surface area contributed by atoms with Crippen LogP contribution in [-0.2, 0) is 11.3 Å². The summed E-state index contributed by atoms with van der Waals surface area (Å²) in [5.41, 5.74) is 0.732. The van der Waals surface area contributed by atoms with E-state index >= 15 is 0 Å². The van der Waals surface area contributed by atoms with E-state index in [9.17, 15) is 9.90 Å². The third kappa shape index (κ3) is 2.52. The molecule has 1 aromatic heterocycles. The highest BCUT2D eigenvalue weighted by atomic mass is 16.3. The molecule has 1 aromatic rings. The molecule has 1 aliphatic heterocycles. The Bertz CT molecular complexity index is 420. The van der Waals surface area contributed by atoms with Crippen LogP contribution in [0.3, 0.4) is 0 Å². The first-order valence-electron chi connectivity index (χ1n) is 6.09. The molecule has 2 N–H and O–H groups in total. The predicted molar refractivity (Wildman–Crippen MR) is 67.7 cm³/mol. The zero-order valence-corrected chi connectivity index (χ0v) is 10.8. The Balaban J connectivity index is 2.19. The number of piperazine rings is 1. The van der Waals surface area contributed by atoms with Crippen LogP contribution in [0.25, 0.3) is 0 Å². The number of aliphatic hydroxyl groups is 1. The lowest BCUT2D eigenvalue weighted by Gasteiger charge is -2.45. The molecule has 1 fully saturated rings. The number of nitrogens with one attached hydrogen (secondary N) is 1. The number of hydrogen-bond acceptors (Lipinski definition) is 4. The van der Waals surface area contributed by atoms with Crippen LogP contribution in [0.15, 0.2) is 24.5 Å². The molecule has 5 nitrogen and oxygen atoms in total. The molecule has 0 radical (unpaired) electrons. The summed E-state index contributed by atoms with van der Waals surface area (Å²) in [5, 5.41) is 12.3. The van der Waals surface area contributed by atoms with Crippen molar-refractivity contribution < 1.29 is 9.90 Å². The Labute approximate surface area is 107 Å². The number of pyridine rings is 1. The number of carbonyl (C=O) groups is 1. The van der Waals surface area contributed by atoms with E-state index in [-0.39, 0.29) is 18.1 Å². The van der Waals surface area contributed by atoms with Crippen LogP contribution >= 0.6 is 0 Å². The monoisotopic (exact) mass is 249 g/mol. The van der Waals surface area contributed by atoms with Crippen molar-refractivity contribution in [2.24, 2.45) is 0 Å². The molecule has 1 aliphatic rings. The molecule has 5 heteroatoms. The minimum Gasteiger partial charge on any atom is -0.394 e. The predicted octanol–water partition coefficient (Wildman–Crippen LogP) is 0.153. The largest absolute Gasteiger partial charge is 0.394 e. The Hall–Kier alpha value is -1.46. The molecule has 0 bridgehead atoms. The van der Waals surface area contributed by atoms with Gasteiger partial charge in [0.25, 0.3) is 0 Å². The lowest BCUT2D eigenvalue weighted by Crippen LogP contribution is -2.65. The van der Waals surface area contributed by atoms with Gasteiger partial charge in [-0.15, -0.1) is 0 Å². The third-order valence-corrected chi connectivity index (χ3v) is 3.32. The normalized spacial score (nSPS) is 23.2. The fourth-order valence-electron chi connectivity index (χ4n) is 2.15. The standard InChI is InChI=1S/C13H19N3O2/c1-13(2)9-15-11(8-17)12(18)16(13)7-10-4-3-5-14-6-10/h3-6,11,15,17H,7-9H2,1-2H3. The van der Waals surface area contributed by atoms with E-state index in [4.69, 9.17) is 0 Å². The zero-order chi connectivity index (χ0) is 13.2. The third-order valence-electron chi connectivity index (χ3n) is 3.32. The number of hydrogen-bond donors (Lipinski definition) is 2.